The van der Waals surface area contributed by atoms with Crippen molar-refractivity contribution >= 4 is 55.4 Å². The Morgan fingerprint density at radius 2 is 1.97 bits per heavy atom. The van der Waals surface area contributed by atoms with Crippen LogP contribution >= 0.6 is 15.9 Å². The molecule has 0 radical (unpaired) electrons. The summed E-state index contributed by atoms with van der Waals surface area (Å²) in [4.78, 5) is 20.4. The number of hydrogen-bond donors (Lipinski definition) is 0. The Balaban J connectivity index is 1.68. The van der Waals surface area contributed by atoms with Crippen molar-refractivity contribution in [2.24, 2.45) is 4.99 Å². The number of benzene rings is 3. The van der Waals surface area contributed by atoms with Gasteiger partial charge in [0, 0.05) is 47.7 Å². The molecule has 1 saturated heterocycles. The normalized spacial score (nSPS) is 16.5. The molecule has 0 amide bonds. The average Bonchev–Trinajstić information content (AvgIpc) is 3.30. The molecule has 1 aliphatic rings. The third-order valence-corrected chi connectivity index (χ3v) is 6.62. The Bertz CT molecular complexity index is 1420. The van der Waals surface area contributed by atoms with Crippen LogP contribution in [0, 0.1) is 5.82 Å². The Hall–Kier alpha value is -3.10. The van der Waals surface area contributed by atoms with Crippen molar-refractivity contribution in [1.29, 1.82) is 0 Å². The second kappa shape index (κ2) is 9.27. The van der Waals surface area contributed by atoms with E-state index in [9.17, 15) is 9.18 Å². The zero-order valence-electron chi connectivity index (χ0n) is 19.0. The van der Waals surface area contributed by atoms with E-state index in [0.717, 1.165) is 34.5 Å². The van der Waals surface area contributed by atoms with Crippen LogP contribution in [0.4, 0.5) is 10.1 Å². The van der Waals surface area contributed by atoms with Gasteiger partial charge in [-0.2, -0.15) is 5.10 Å². The molecule has 0 N–H and O–H groups in total. The largest absolute Gasteiger partial charge is 0.369 e. The summed E-state index contributed by atoms with van der Waals surface area (Å²) >= 11 is 3.61. The molecule has 1 aliphatic heterocycles. The number of nitrogens with zero attached hydrogens (tertiary/aromatic N) is 4. The lowest BCUT2D eigenvalue weighted by molar-refractivity contribution is -0.0391. The molecule has 1 fully saturated rings. The molecule has 5 rings (SSSR count). The highest BCUT2D eigenvalue weighted by Gasteiger charge is 2.24. The number of rotatable bonds is 5. The minimum Gasteiger partial charge on any atom is -0.369 e. The Labute approximate surface area is 205 Å². The molecule has 4 aromatic rings. The van der Waals surface area contributed by atoms with Crippen molar-refractivity contribution in [3.8, 4) is 0 Å². The summed E-state index contributed by atoms with van der Waals surface area (Å²) in [6.07, 6.45) is 5.97. The smallest absolute Gasteiger partial charge is 0.196 e. The predicted octanol–water partition coefficient (Wildman–Crippen LogP) is 6.24. The van der Waals surface area contributed by atoms with E-state index in [1.165, 1.54) is 12.1 Å². The van der Waals surface area contributed by atoms with Crippen LogP contribution in [0.3, 0.4) is 0 Å². The number of carbonyl (C=O) groups excluding carboxylic acids is 1. The van der Waals surface area contributed by atoms with Gasteiger partial charge in [0.1, 0.15) is 11.7 Å². The summed E-state index contributed by atoms with van der Waals surface area (Å²) in [5, 5.41) is 6.71. The summed E-state index contributed by atoms with van der Waals surface area (Å²) < 4.78 is 23.0. The van der Waals surface area contributed by atoms with Gasteiger partial charge in [-0.1, -0.05) is 40.2 Å². The fourth-order valence-electron chi connectivity index (χ4n) is 4.31. The predicted molar refractivity (Wildman–Crippen MR) is 135 cm³/mol. The second-order valence-corrected chi connectivity index (χ2v) is 9.48. The van der Waals surface area contributed by atoms with E-state index in [0.29, 0.717) is 28.8 Å². The molecule has 0 spiro atoms. The third-order valence-electron chi connectivity index (χ3n) is 5.97. The molecule has 0 bridgehead atoms. The maximum atomic E-state index is 14.7. The van der Waals surface area contributed by atoms with E-state index in [-0.39, 0.29) is 17.5 Å². The number of ketones is 1. The molecule has 2 heterocycles. The molecule has 34 heavy (non-hydrogen) atoms. The Morgan fingerprint density at radius 1 is 1.18 bits per heavy atom. The van der Waals surface area contributed by atoms with Crippen LogP contribution in [0.1, 0.15) is 41.4 Å². The highest BCUT2D eigenvalue weighted by Crippen LogP contribution is 2.38. The molecular weight excluding hydrogens is 499 g/mol. The molecule has 3 aromatic carbocycles. The van der Waals surface area contributed by atoms with Crippen molar-refractivity contribution in [3.05, 3.63) is 70.1 Å². The van der Waals surface area contributed by atoms with E-state index in [4.69, 9.17) is 4.74 Å². The molecule has 174 valence electrons. The summed E-state index contributed by atoms with van der Waals surface area (Å²) in [6, 6.07) is 12.4. The molecule has 1 aromatic heterocycles. The van der Waals surface area contributed by atoms with Gasteiger partial charge in [0.25, 0.3) is 0 Å². The van der Waals surface area contributed by atoms with Crippen LogP contribution in [-0.4, -0.2) is 47.5 Å². The number of ether oxygens (including phenoxy) is 1. The fourth-order valence-corrected chi connectivity index (χ4v) is 4.89. The first-order valence-electron chi connectivity index (χ1n) is 11.2. The number of fused-ring (bicyclic) bond motifs is 2. The Kier molecular flexibility index (Phi) is 6.18. The van der Waals surface area contributed by atoms with Crippen LogP contribution in [-0.2, 0) is 4.74 Å². The summed E-state index contributed by atoms with van der Waals surface area (Å²) in [5.74, 6) is -0.710. The van der Waals surface area contributed by atoms with E-state index >= 15 is 0 Å². The monoisotopic (exact) mass is 522 g/mol. The maximum Gasteiger partial charge on any atom is 0.196 e. The number of hydrogen-bond acceptors (Lipinski definition) is 4. The Morgan fingerprint density at radius 3 is 2.71 bits per heavy atom. The van der Waals surface area contributed by atoms with Gasteiger partial charge < -0.3 is 9.64 Å². The van der Waals surface area contributed by atoms with Crippen molar-refractivity contribution < 1.29 is 13.9 Å². The van der Waals surface area contributed by atoms with Crippen LogP contribution in [0.25, 0.3) is 21.7 Å². The highest BCUT2D eigenvalue weighted by atomic mass is 79.9. The number of aliphatic imine (C=N–C) groups is 1. The van der Waals surface area contributed by atoms with E-state index in [2.05, 4.69) is 26.0 Å². The van der Waals surface area contributed by atoms with E-state index in [1.54, 1.807) is 23.3 Å². The van der Waals surface area contributed by atoms with E-state index < -0.39 is 5.82 Å². The van der Waals surface area contributed by atoms with Crippen LogP contribution in [0.5, 0.6) is 0 Å². The van der Waals surface area contributed by atoms with Crippen molar-refractivity contribution in [2.45, 2.75) is 25.5 Å². The summed E-state index contributed by atoms with van der Waals surface area (Å²) in [5.41, 5.74) is 1.54. The van der Waals surface area contributed by atoms with E-state index in [1.807, 2.05) is 43.3 Å². The fraction of sp³-hybridized carbons (Fsp3) is 0.269. The van der Waals surface area contributed by atoms with Crippen LogP contribution < -0.4 is 0 Å². The topological polar surface area (TPSA) is 59.7 Å². The minimum absolute atomic E-state index is 0.165. The first-order chi connectivity index (χ1) is 16.4. The summed E-state index contributed by atoms with van der Waals surface area (Å²) in [7, 11) is 3.74. The van der Waals surface area contributed by atoms with Gasteiger partial charge in [-0.3, -0.25) is 4.79 Å². The van der Waals surface area contributed by atoms with Crippen molar-refractivity contribution in [2.75, 3.05) is 20.7 Å². The first-order valence-corrected chi connectivity index (χ1v) is 12.0. The molecule has 0 saturated carbocycles. The van der Waals surface area contributed by atoms with Gasteiger partial charge in [-0.25, -0.2) is 14.1 Å². The molecule has 0 aliphatic carbocycles. The SMILES string of the molecule is CN(C)C=Nc1c(C(=O)c2ccc(F)c3nn(C4CCCCO4)cc23)cc(Br)c2ccccc12. The quantitative estimate of drug-likeness (QED) is 0.177. The number of carbonyl (C=O) groups is 1. The maximum absolute atomic E-state index is 14.7. The average molecular weight is 523 g/mol. The van der Waals surface area contributed by atoms with Crippen LogP contribution in [0.2, 0.25) is 0 Å². The molecular formula is C26H24BrFN4O2. The van der Waals surface area contributed by atoms with Crippen molar-refractivity contribution in [3.63, 3.8) is 0 Å². The zero-order valence-corrected chi connectivity index (χ0v) is 20.5. The molecule has 1 unspecified atom stereocenters. The van der Waals surface area contributed by atoms with Gasteiger partial charge in [-0.05, 0) is 42.8 Å². The third kappa shape index (κ3) is 4.12. The lowest BCUT2D eigenvalue weighted by Crippen LogP contribution is -2.18. The van der Waals surface area contributed by atoms with Gasteiger partial charge in [0.2, 0.25) is 0 Å². The minimum atomic E-state index is -0.466. The lowest BCUT2D eigenvalue weighted by atomic mass is 9.95. The first kappa shape index (κ1) is 22.7. The number of aromatic nitrogens is 2. The number of halogens is 2. The van der Waals surface area contributed by atoms with Crippen LogP contribution in [0.15, 0.2) is 58.1 Å². The zero-order chi connectivity index (χ0) is 23.8. The highest BCUT2D eigenvalue weighted by molar-refractivity contribution is 9.10. The van der Waals surface area contributed by atoms with Gasteiger partial charge >= 0.3 is 0 Å². The molecule has 8 heteroatoms. The van der Waals surface area contributed by atoms with Gasteiger partial charge in [0.05, 0.1) is 17.6 Å². The standard InChI is InChI=1S/C26H24BrFN4O2/c1-31(2)15-29-24-17-8-4-3-7-16(17)21(27)13-19(24)26(33)18-10-11-22(28)25-20(18)14-32(30-25)23-9-5-6-12-34-23/h3-4,7-8,10-11,13-15,23H,5-6,9,12H2,1-2H3. The van der Waals surface area contributed by atoms with Gasteiger partial charge in [-0.15, -0.1) is 0 Å². The lowest BCUT2D eigenvalue weighted by Gasteiger charge is -2.22. The van der Waals surface area contributed by atoms with Gasteiger partial charge in [0.15, 0.2) is 11.6 Å². The molecule has 1 atom stereocenters. The van der Waals surface area contributed by atoms with Crippen molar-refractivity contribution in [1.82, 2.24) is 14.7 Å². The molecule has 6 nitrogen and oxygen atoms in total. The summed E-state index contributed by atoms with van der Waals surface area (Å²) in [6.45, 7) is 0.646. The second-order valence-electron chi connectivity index (χ2n) is 8.63.